The van der Waals surface area contributed by atoms with E-state index in [0.717, 1.165) is 15.9 Å². The molecule has 1 rings (SSSR count). The largest absolute Gasteiger partial charge is 0.497 e. The first-order valence-electron chi connectivity index (χ1n) is 4.19. The summed E-state index contributed by atoms with van der Waals surface area (Å²) in [7, 11) is 1.62. The summed E-state index contributed by atoms with van der Waals surface area (Å²) >= 11 is 14.6. The molecular weight excluding hydrogens is 301 g/mol. The Balaban J connectivity index is 2.75. The third-order valence-corrected chi connectivity index (χ3v) is 3.05. The second-order valence-corrected chi connectivity index (χ2v) is 4.31. The van der Waals surface area contributed by atoms with Gasteiger partial charge in [-0.25, -0.2) is 0 Å². The van der Waals surface area contributed by atoms with Gasteiger partial charge in [0.2, 0.25) is 0 Å². The second-order valence-electron chi connectivity index (χ2n) is 2.76. The molecule has 15 heavy (non-hydrogen) atoms. The number of hydrogen-bond donors (Lipinski definition) is 1. The highest BCUT2D eigenvalue weighted by molar-refractivity contribution is 9.10. The minimum Gasteiger partial charge on any atom is -0.497 e. The van der Waals surface area contributed by atoms with Crippen molar-refractivity contribution in [1.82, 2.24) is 0 Å². The lowest BCUT2D eigenvalue weighted by Crippen LogP contribution is -2.02. The molecule has 0 radical (unpaired) electrons. The van der Waals surface area contributed by atoms with Crippen LogP contribution >= 0.6 is 39.1 Å². The van der Waals surface area contributed by atoms with E-state index < -0.39 is 0 Å². The van der Waals surface area contributed by atoms with Crippen LogP contribution in [-0.4, -0.2) is 13.7 Å². The summed E-state index contributed by atoms with van der Waals surface area (Å²) < 4.78 is 6.06. The Hall–Kier alpha value is -0.380. The van der Waals surface area contributed by atoms with Crippen LogP contribution in [0.15, 0.2) is 33.2 Å². The average Bonchev–Trinajstić information content (AvgIpc) is 2.27. The van der Waals surface area contributed by atoms with E-state index in [4.69, 9.17) is 27.9 Å². The second kappa shape index (κ2) is 6.26. The Kier molecular flexibility index (Phi) is 5.29. The first kappa shape index (κ1) is 12.7. The molecule has 0 heterocycles. The fraction of sp³-hybridized carbons (Fsp3) is 0.200. The van der Waals surface area contributed by atoms with E-state index in [9.17, 15) is 0 Å². The van der Waals surface area contributed by atoms with Gasteiger partial charge in [-0.2, -0.15) is 0 Å². The lowest BCUT2D eigenvalue weighted by Gasteiger charge is -2.09. The SMILES string of the molecule is COc1ccc(Br)c(NCC(Cl)=CCl)c1. The molecule has 0 saturated carbocycles. The van der Waals surface area contributed by atoms with Crippen LogP contribution in [0, 0.1) is 0 Å². The monoisotopic (exact) mass is 309 g/mol. The Labute approximate surface area is 107 Å². The zero-order chi connectivity index (χ0) is 11.3. The number of nitrogens with one attached hydrogen (secondary N) is 1. The normalized spacial score (nSPS) is 11.3. The number of ether oxygens (including phenoxy) is 1. The lowest BCUT2D eigenvalue weighted by molar-refractivity contribution is 0.415. The molecule has 0 amide bonds. The molecule has 82 valence electrons. The van der Waals surface area contributed by atoms with Crippen molar-refractivity contribution in [3.63, 3.8) is 0 Å². The summed E-state index contributed by atoms with van der Waals surface area (Å²) in [4.78, 5) is 0. The Morgan fingerprint density at radius 3 is 2.93 bits per heavy atom. The summed E-state index contributed by atoms with van der Waals surface area (Å²) in [5.74, 6) is 0.784. The highest BCUT2D eigenvalue weighted by Crippen LogP contribution is 2.27. The van der Waals surface area contributed by atoms with Gasteiger partial charge in [0.25, 0.3) is 0 Å². The van der Waals surface area contributed by atoms with Crippen molar-refractivity contribution in [3.8, 4) is 5.75 Å². The van der Waals surface area contributed by atoms with Crippen LogP contribution in [0.3, 0.4) is 0 Å². The van der Waals surface area contributed by atoms with Gasteiger partial charge < -0.3 is 10.1 Å². The van der Waals surface area contributed by atoms with Crippen molar-refractivity contribution < 1.29 is 4.74 Å². The van der Waals surface area contributed by atoms with E-state index in [0.29, 0.717) is 11.6 Å². The van der Waals surface area contributed by atoms with Gasteiger partial charge in [-0.15, -0.1) is 0 Å². The van der Waals surface area contributed by atoms with Crippen LogP contribution < -0.4 is 10.1 Å². The van der Waals surface area contributed by atoms with E-state index in [2.05, 4.69) is 21.2 Å². The van der Waals surface area contributed by atoms with Gasteiger partial charge >= 0.3 is 0 Å². The number of benzene rings is 1. The zero-order valence-corrected chi connectivity index (χ0v) is 11.2. The van der Waals surface area contributed by atoms with Crippen LogP contribution in [0.25, 0.3) is 0 Å². The first-order chi connectivity index (χ1) is 7.17. The Morgan fingerprint density at radius 2 is 2.33 bits per heavy atom. The van der Waals surface area contributed by atoms with E-state index in [1.54, 1.807) is 7.11 Å². The van der Waals surface area contributed by atoms with Crippen molar-refractivity contribution in [2.45, 2.75) is 0 Å². The number of methoxy groups -OCH3 is 1. The summed E-state index contributed by atoms with van der Waals surface area (Å²) in [6.45, 7) is 0.483. The van der Waals surface area contributed by atoms with Crippen LogP contribution in [0.1, 0.15) is 0 Å². The lowest BCUT2D eigenvalue weighted by atomic mass is 10.3. The van der Waals surface area contributed by atoms with Crippen molar-refractivity contribution in [2.24, 2.45) is 0 Å². The molecule has 0 spiro atoms. The van der Waals surface area contributed by atoms with Gasteiger partial charge in [-0.05, 0) is 28.1 Å². The molecule has 0 aliphatic carbocycles. The van der Waals surface area contributed by atoms with Crippen LogP contribution in [0.5, 0.6) is 5.75 Å². The molecule has 5 heteroatoms. The number of anilines is 1. The topological polar surface area (TPSA) is 21.3 Å². The molecule has 1 N–H and O–H groups in total. The smallest absolute Gasteiger partial charge is 0.121 e. The fourth-order valence-corrected chi connectivity index (χ4v) is 1.52. The Morgan fingerprint density at radius 1 is 1.60 bits per heavy atom. The highest BCUT2D eigenvalue weighted by atomic mass is 79.9. The summed E-state index contributed by atoms with van der Waals surface area (Å²) in [6.07, 6.45) is 0. The first-order valence-corrected chi connectivity index (χ1v) is 5.80. The minimum absolute atomic E-state index is 0.483. The summed E-state index contributed by atoms with van der Waals surface area (Å²) in [5, 5.41) is 3.67. The predicted octanol–water partition coefficient (Wildman–Crippen LogP) is 4.19. The molecule has 0 atom stereocenters. The number of hydrogen-bond acceptors (Lipinski definition) is 2. The molecule has 2 nitrogen and oxygen atoms in total. The van der Waals surface area contributed by atoms with Crippen molar-refractivity contribution in [3.05, 3.63) is 33.2 Å². The van der Waals surface area contributed by atoms with Gasteiger partial charge in [0.05, 0.1) is 19.3 Å². The number of halogens is 3. The van der Waals surface area contributed by atoms with Crippen molar-refractivity contribution in [1.29, 1.82) is 0 Å². The molecule has 0 aliphatic heterocycles. The zero-order valence-electron chi connectivity index (χ0n) is 8.06. The van der Waals surface area contributed by atoms with Gasteiger partial charge in [-0.3, -0.25) is 0 Å². The fourth-order valence-electron chi connectivity index (χ4n) is 0.985. The van der Waals surface area contributed by atoms with E-state index in [-0.39, 0.29) is 0 Å². The third-order valence-electron chi connectivity index (χ3n) is 1.74. The molecule has 1 aromatic carbocycles. The molecule has 0 aliphatic rings. The standard InChI is InChI=1S/C10H10BrCl2NO/c1-15-8-2-3-9(11)10(4-8)14-6-7(13)5-12/h2-5,14H,6H2,1H3. The number of rotatable bonds is 4. The maximum atomic E-state index is 5.76. The minimum atomic E-state index is 0.483. The molecule has 1 aromatic rings. The van der Waals surface area contributed by atoms with Gasteiger partial charge in [0.1, 0.15) is 5.75 Å². The van der Waals surface area contributed by atoms with Crippen LogP contribution in [0.4, 0.5) is 5.69 Å². The molecule has 0 fully saturated rings. The molecule has 0 saturated heterocycles. The molecular formula is C10H10BrCl2NO. The van der Waals surface area contributed by atoms with Crippen LogP contribution in [-0.2, 0) is 0 Å². The molecule has 0 unspecified atom stereocenters. The maximum Gasteiger partial charge on any atom is 0.121 e. The Bertz CT molecular complexity index is 368. The van der Waals surface area contributed by atoms with E-state index in [1.165, 1.54) is 5.54 Å². The predicted molar refractivity (Wildman–Crippen MR) is 69.0 cm³/mol. The third kappa shape index (κ3) is 3.93. The van der Waals surface area contributed by atoms with Crippen molar-refractivity contribution in [2.75, 3.05) is 19.0 Å². The highest BCUT2D eigenvalue weighted by Gasteiger charge is 2.01. The van der Waals surface area contributed by atoms with Crippen molar-refractivity contribution >= 4 is 44.8 Å². The average molecular weight is 311 g/mol. The van der Waals surface area contributed by atoms with Gasteiger partial charge in [0.15, 0.2) is 0 Å². The summed E-state index contributed by atoms with van der Waals surface area (Å²) in [5.41, 5.74) is 2.24. The maximum absolute atomic E-state index is 5.76. The molecule has 0 bridgehead atoms. The van der Waals surface area contributed by atoms with Gasteiger partial charge in [0, 0.05) is 21.1 Å². The van der Waals surface area contributed by atoms with E-state index in [1.807, 2.05) is 18.2 Å². The van der Waals surface area contributed by atoms with E-state index >= 15 is 0 Å². The summed E-state index contributed by atoms with van der Waals surface area (Å²) in [6, 6.07) is 5.65. The van der Waals surface area contributed by atoms with Gasteiger partial charge in [-0.1, -0.05) is 23.2 Å². The molecule has 0 aromatic heterocycles. The van der Waals surface area contributed by atoms with Crippen LogP contribution in [0.2, 0.25) is 0 Å². The quantitative estimate of drug-likeness (QED) is 0.900.